The van der Waals surface area contributed by atoms with E-state index in [9.17, 15) is 23.4 Å². The summed E-state index contributed by atoms with van der Waals surface area (Å²) in [5.41, 5.74) is 0.200. The van der Waals surface area contributed by atoms with E-state index in [1.807, 2.05) is 0 Å². The van der Waals surface area contributed by atoms with Crippen molar-refractivity contribution in [2.45, 2.75) is 4.90 Å². The average Bonchev–Trinajstić information content (AvgIpc) is 2.58. The van der Waals surface area contributed by atoms with Crippen LogP contribution in [0.4, 0.5) is 11.4 Å². The number of para-hydroxylation sites is 1. The van der Waals surface area contributed by atoms with Crippen LogP contribution in [0.1, 0.15) is 0 Å². The standard InChI is InChI=1S/C16H14ClN3O6S/c17-13-7-12(27(24,25)26)8-14(16(13)23)20-18-9-11(21)6-15(22)19-10-4-2-1-3-5-10/h1-8,21,23H,9H2,(H,19,22)(H,24,25,26)/b11-6-,20-18?. The van der Waals surface area contributed by atoms with Crippen molar-refractivity contribution in [2.75, 3.05) is 11.9 Å². The highest BCUT2D eigenvalue weighted by molar-refractivity contribution is 7.85. The fraction of sp³-hybridized carbons (Fsp3) is 0.0625. The summed E-state index contributed by atoms with van der Waals surface area (Å²) in [4.78, 5) is 11.2. The number of carbonyl (C=O) groups is 1. The Morgan fingerprint density at radius 1 is 1.22 bits per heavy atom. The van der Waals surface area contributed by atoms with Crippen LogP contribution in [0.5, 0.6) is 5.75 Å². The maximum atomic E-state index is 11.7. The number of aliphatic hydroxyl groups excluding tert-OH is 1. The summed E-state index contributed by atoms with van der Waals surface area (Å²) in [6.45, 7) is -0.421. The lowest BCUT2D eigenvalue weighted by atomic mass is 10.3. The van der Waals surface area contributed by atoms with Gasteiger partial charge in [0, 0.05) is 11.8 Å². The highest BCUT2D eigenvalue weighted by Crippen LogP contribution is 2.36. The number of halogens is 1. The number of benzene rings is 2. The van der Waals surface area contributed by atoms with Crippen LogP contribution < -0.4 is 5.32 Å². The Morgan fingerprint density at radius 2 is 1.89 bits per heavy atom. The van der Waals surface area contributed by atoms with Crippen molar-refractivity contribution in [3.63, 3.8) is 0 Å². The Morgan fingerprint density at radius 3 is 2.52 bits per heavy atom. The zero-order valence-corrected chi connectivity index (χ0v) is 15.1. The highest BCUT2D eigenvalue weighted by atomic mass is 35.5. The lowest BCUT2D eigenvalue weighted by Crippen LogP contribution is -2.09. The minimum absolute atomic E-state index is 0.336. The van der Waals surface area contributed by atoms with Crippen molar-refractivity contribution in [3.05, 3.63) is 59.3 Å². The number of hydrogen-bond donors (Lipinski definition) is 4. The van der Waals surface area contributed by atoms with Crippen molar-refractivity contribution in [1.82, 2.24) is 0 Å². The Hall–Kier alpha value is -2.95. The van der Waals surface area contributed by atoms with Crippen LogP contribution in [0.3, 0.4) is 0 Å². The molecule has 142 valence electrons. The Balaban J connectivity index is 2.08. The molecule has 27 heavy (non-hydrogen) atoms. The zero-order valence-electron chi connectivity index (χ0n) is 13.6. The van der Waals surface area contributed by atoms with Gasteiger partial charge >= 0.3 is 0 Å². The first-order valence-corrected chi connectivity index (χ1v) is 9.11. The minimum atomic E-state index is -4.56. The number of anilines is 1. The van der Waals surface area contributed by atoms with Gasteiger partial charge in [0.1, 0.15) is 18.0 Å². The van der Waals surface area contributed by atoms with Crippen molar-refractivity contribution >= 4 is 39.0 Å². The van der Waals surface area contributed by atoms with Crippen molar-refractivity contribution in [3.8, 4) is 5.75 Å². The van der Waals surface area contributed by atoms with E-state index in [2.05, 4.69) is 15.5 Å². The van der Waals surface area contributed by atoms with Gasteiger partial charge in [-0.2, -0.15) is 18.6 Å². The van der Waals surface area contributed by atoms with Crippen LogP contribution in [0.25, 0.3) is 0 Å². The summed E-state index contributed by atoms with van der Waals surface area (Å²) in [6.07, 6.45) is 0.896. The van der Waals surface area contributed by atoms with Crippen molar-refractivity contribution in [1.29, 1.82) is 0 Å². The van der Waals surface area contributed by atoms with Gasteiger partial charge in [0.2, 0.25) is 0 Å². The third-order valence-corrected chi connectivity index (χ3v) is 4.18. The van der Waals surface area contributed by atoms with Crippen LogP contribution in [0.2, 0.25) is 5.02 Å². The van der Waals surface area contributed by atoms with E-state index in [-0.39, 0.29) is 10.7 Å². The van der Waals surface area contributed by atoms with E-state index in [1.54, 1.807) is 30.3 Å². The Bertz CT molecular complexity index is 1010. The second-order valence-corrected chi connectivity index (χ2v) is 6.97. The predicted molar refractivity (Wildman–Crippen MR) is 98.1 cm³/mol. The summed E-state index contributed by atoms with van der Waals surface area (Å²) >= 11 is 5.67. The summed E-state index contributed by atoms with van der Waals surface area (Å²) < 4.78 is 31.3. The molecule has 1 amide bonds. The number of hydrogen-bond acceptors (Lipinski definition) is 7. The molecule has 0 spiro atoms. The first kappa shape index (κ1) is 20.4. The van der Waals surface area contributed by atoms with Gasteiger partial charge < -0.3 is 15.5 Å². The van der Waals surface area contributed by atoms with E-state index >= 15 is 0 Å². The maximum absolute atomic E-state index is 11.7. The van der Waals surface area contributed by atoms with Gasteiger partial charge in [-0.3, -0.25) is 9.35 Å². The van der Waals surface area contributed by atoms with Gasteiger partial charge in [-0.25, -0.2) is 0 Å². The second kappa shape index (κ2) is 8.62. The second-order valence-electron chi connectivity index (χ2n) is 5.14. The molecule has 0 fully saturated rings. The number of nitrogens with zero attached hydrogens (tertiary/aromatic N) is 2. The van der Waals surface area contributed by atoms with Crippen LogP contribution in [0, 0.1) is 0 Å². The fourth-order valence-corrected chi connectivity index (χ4v) is 2.67. The molecule has 2 rings (SSSR count). The topological polar surface area (TPSA) is 149 Å². The molecule has 0 saturated heterocycles. The Labute approximate surface area is 159 Å². The molecule has 0 unspecified atom stereocenters. The number of nitrogens with one attached hydrogen (secondary N) is 1. The normalized spacial score (nSPS) is 12.3. The molecule has 0 saturated carbocycles. The molecule has 0 aliphatic carbocycles. The van der Waals surface area contributed by atoms with Gasteiger partial charge in [0.05, 0.1) is 9.92 Å². The Kier molecular flexibility index (Phi) is 6.50. The van der Waals surface area contributed by atoms with Crippen molar-refractivity contribution < 1.29 is 28.0 Å². The molecular formula is C16H14ClN3O6S. The lowest BCUT2D eigenvalue weighted by molar-refractivity contribution is -0.112. The number of phenolic OH excluding ortho intramolecular Hbond substituents is 1. The summed E-state index contributed by atoms with van der Waals surface area (Å²) in [5, 5.41) is 28.7. The smallest absolute Gasteiger partial charge is 0.294 e. The van der Waals surface area contributed by atoms with E-state index < -0.39 is 39.0 Å². The molecule has 11 heteroatoms. The summed E-state index contributed by atoms with van der Waals surface area (Å²) in [7, 11) is -4.56. The first-order valence-electron chi connectivity index (χ1n) is 7.30. The minimum Gasteiger partial charge on any atom is -0.510 e. The summed E-state index contributed by atoms with van der Waals surface area (Å²) in [5.74, 6) is -1.57. The number of amides is 1. The molecule has 2 aromatic carbocycles. The molecule has 0 aromatic heterocycles. The number of aromatic hydroxyl groups is 1. The molecule has 0 aliphatic rings. The molecule has 0 bridgehead atoms. The third-order valence-electron chi connectivity index (χ3n) is 3.06. The number of rotatable bonds is 6. The molecule has 2 aromatic rings. The number of aliphatic hydroxyl groups is 1. The van der Waals surface area contributed by atoms with Gasteiger partial charge in [0.15, 0.2) is 5.75 Å². The maximum Gasteiger partial charge on any atom is 0.294 e. The van der Waals surface area contributed by atoms with Gasteiger partial charge in [0.25, 0.3) is 16.0 Å². The molecule has 0 atom stereocenters. The molecular weight excluding hydrogens is 398 g/mol. The van der Waals surface area contributed by atoms with Gasteiger partial charge in [-0.15, -0.1) is 0 Å². The fourth-order valence-electron chi connectivity index (χ4n) is 1.87. The summed E-state index contributed by atoms with van der Waals surface area (Å²) in [6, 6.07) is 10.3. The van der Waals surface area contributed by atoms with E-state index in [0.717, 1.165) is 18.2 Å². The van der Waals surface area contributed by atoms with Crippen LogP contribution >= 0.6 is 11.6 Å². The predicted octanol–water partition coefficient (Wildman–Crippen LogP) is 3.46. The van der Waals surface area contributed by atoms with Crippen LogP contribution in [-0.2, 0) is 14.9 Å². The molecule has 0 heterocycles. The number of azo groups is 1. The average molecular weight is 412 g/mol. The van der Waals surface area contributed by atoms with Crippen molar-refractivity contribution in [2.24, 2.45) is 10.2 Å². The lowest BCUT2D eigenvalue weighted by Gasteiger charge is -2.04. The highest BCUT2D eigenvalue weighted by Gasteiger charge is 2.16. The van der Waals surface area contributed by atoms with Crippen LogP contribution in [-0.4, -0.2) is 35.6 Å². The number of carbonyl (C=O) groups excluding carboxylic acids is 1. The number of phenols is 1. The van der Waals surface area contributed by atoms with Crippen LogP contribution in [0.15, 0.2) is 69.4 Å². The molecule has 4 N–H and O–H groups in total. The monoisotopic (exact) mass is 411 g/mol. The first-order chi connectivity index (χ1) is 12.7. The van der Waals surface area contributed by atoms with Gasteiger partial charge in [-0.1, -0.05) is 29.8 Å². The van der Waals surface area contributed by atoms with Gasteiger partial charge in [-0.05, 0) is 24.3 Å². The third kappa shape index (κ3) is 6.06. The largest absolute Gasteiger partial charge is 0.510 e. The molecule has 0 aliphatic heterocycles. The van der Waals surface area contributed by atoms with E-state index in [4.69, 9.17) is 16.2 Å². The SMILES string of the molecule is O=C(/C=C(\O)CN=Nc1cc(S(=O)(=O)O)cc(Cl)c1O)Nc1ccccc1. The molecule has 9 nitrogen and oxygen atoms in total. The van der Waals surface area contributed by atoms with E-state index in [0.29, 0.717) is 5.69 Å². The molecule has 0 radical (unpaired) electrons. The quantitative estimate of drug-likeness (QED) is 0.247. The van der Waals surface area contributed by atoms with E-state index in [1.165, 1.54) is 0 Å². The zero-order chi connectivity index (χ0) is 20.0.